The molecule has 3 aliphatic heterocycles. The fraction of sp³-hybridized carbons (Fsp3) is 0.316. The Balaban J connectivity index is 1.76. The number of hydrogen-bond acceptors (Lipinski definition) is 5. The molecule has 3 aliphatic rings. The van der Waals surface area contributed by atoms with Crippen LogP contribution in [0.25, 0.3) is 0 Å². The smallest absolute Gasteiger partial charge is 0.255 e. The van der Waals surface area contributed by atoms with Crippen LogP contribution in [-0.4, -0.2) is 38.4 Å². The maximum Gasteiger partial charge on any atom is 0.255 e. The average Bonchev–Trinajstić information content (AvgIpc) is 3.21. The first-order chi connectivity index (χ1) is 12.2. The first-order valence-corrected chi connectivity index (χ1v) is 8.21. The quantitative estimate of drug-likeness (QED) is 0.842. The Bertz CT molecular complexity index is 907. The molecular weight excluding hydrogens is 322 g/mol. The molecule has 1 amide bonds. The summed E-state index contributed by atoms with van der Waals surface area (Å²) in [5.41, 5.74) is 3.78. The number of carbonyl (C=O) groups is 1. The van der Waals surface area contributed by atoms with Gasteiger partial charge in [0.1, 0.15) is 0 Å². The fourth-order valence-corrected chi connectivity index (χ4v) is 4.10. The molecule has 2 aromatic rings. The largest absolute Gasteiger partial charge is 0.493 e. The monoisotopic (exact) mass is 339 g/mol. The second-order valence-corrected chi connectivity index (χ2v) is 6.32. The molecule has 5 rings (SSSR count). The van der Waals surface area contributed by atoms with Gasteiger partial charge in [-0.05, 0) is 41.8 Å². The van der Waals surface area contributed by atoms with Crippen LogP contribution < -0.4 is 18.9 Å². The second kappa shape index (κ2) is 5.05. The molecule has 3 heterocycles. The topological polar surface area (TPSA) is 57.2 Å². The Morgan fingerprint density at radius 2 is 1.92 bits per heavy atom. The van der Waals surface area contributed by atoms with Crippen LogP contribution in [0.3, 0.4) is 0 Å². The third-order valence-corrected chi connectivity index (χ3v) is 5.21. The third kappa shape index (κ3) is 1.82. The van der Waals surface area contributed by atoms with Crippen LogP contribution in [0.1, 0.15) is 33.1 Å². The van der Waals surface area contributed by atoms with Gasteiger partial charge in [0, 0.05) is 17.7 Å². The highest BCUT2D eigenvalue weighted by atomic mass is 16.7. The van der Waals surface area contributed by atoms with Crippen molar-refractivity contribution in [3.8, 4) is 23.0 Å². The Kier molecular flexibility index (Phi) is 2.92. The van der Waals surface area contributed by atoms with E-state index in [1.807, 2.05) is 23.1 Å². The molecule has 0 bridgehead atoms. The Morgan fingerprint density at radius 3 is 2.68 bits per heavy atom. The van der Waals surface area contributed by atoms with E-state index in [0.717, 1.165) is 29.0 Å². The minimum absolute atomic E-state index is 0.0317. The Labute approximate surface area is 144 Å². The van der Waals surface area contributed by atoms with Crippen LogP contribution >= 0.6 is 0 Å². The van der Waals surface area contributed by atoms with Crippen LogP contribution in [0.2, 0.25) is 0 Å². The normalized spacial score (nSPS) is 19.4. The van der Waals surface area contributed by atoms with Gasteiger partial charge in [0.25, 0.3) is 5.91 Å². The molecule has 25 heavy (non-hydrogen) atoms. The summed E-state index contributed by atoms with van der Waals surface area (Å²) in [6.45, 7) is 0.898. The number of amides is 1. The van der Waals surface area contributed by atoms with Crippen LogP contribution in [0.4, 0.5) is 0 Å². The Hall–Kier alpha value is -2.89. The lowest BCUT2D eigenvalue weighted by atomic mass is 9.89. The summed E-state index contributed by atoms with van der Waals surface area (Å²) >= 11 is 0. The predicted molar refractivity (Wildman–Crippen MR) is 88.7 cm³/mol. The zero-order chi connectivity index (χ0) is 17.1. The summed E-state index contributed by atoms with van der Waals surface area (Å²) in [6.07, 6.45) is 0.793. The molecule has 0 saturated carbocycles. The van der Waals surface area contributed by atoms with E-state index in [1.54, 1.807) is 20.3 Å². The standard InChI is InChI=1S/C19H17NO5/c1-22-13-4-3-11-16(18(13)23-2)17-12-8-15-14(24-9-25-15)7-10(12)5-6-20(17)19(11)21/h3-4,7-8,17H,5-6,9H2,1-2H3/t17-/m0/s1. The van der Waals surface area contributed by atoms with E-state index in [1.165, 1.54) is 5.56 Å². The molecule has 1 atom stereocenters. The summed E-state index contributed by atoms with van der Waals surface area (Å²) in [6, 6.07) is 7.45. The van der Waals surface area contributed by atoms with Crippen LogP contribution in [0.5, 0.6) is 23.0 Å². The van der Waals surface area contributed by atoms with Gasteiger partial charge in [0.15, 0.2) is 23.0 Å². The third-order valence-electron chi connectivity index (χ3n) is 5.21. The van der Waals surface area contributed by atoms with Crippen molar-refractivity contribution >= 4 is 5.91 Å². The average molecular weight is 339 g/mol. The van der Waals surface area contributed by atoms with Crippen LogP contribution in [0, 0.1) is 0 Å². The summed E-state index contributed by atoms with van der Waals surface area (Å²) in [5.74, 6) is 2.78. The number of fused-ring (bicyclic) bond motifs is 6. The number of methoxy groups -OCH3 is 2. The van der Waals surface area contributed by atoms with Crippen molar-refractivity contribution in [2.24, 2.45) is 0 Å². The highest BCUT2D eigenvalue weighted by Gasteiger charge is 2.44. The lowest BCUT2D eigenvalue weighted by Crippen LogP contribution is -2.35. The minimum Gasteiger partial charge on any atom is -0.493 e. The van der Waals surface area contributed by atoms with Gasteiger partial charge in [-0.2, -0.15) is 0 Å². The van der Waals surface area contributed by atoms with E-state index in [0.29, 0.717) is 23.6 Å². The molecule has 128 valence electrons. The van der Waals surface area contributed by atoms with Crippen molar-refractivity contribution in [3.05, 3.63) is 46.5 Å². The van der Waals surface area contributed by atoms with Crippen LogP contribution in [-0.2, 0) is 6.42 Å². The molecule has 0 unspecified atom stereocenters. The van der Waals surface area contributed by atoms with E-state index < -0.39 is 0 Å². The lowest BCUT2D eigenvalue weighted by Gasteiger charge is -2.33. The zero-order valence-electron chi connectivity index (χ0n) is 14.0. The summed E-state index contributed by atoms with van der Waals surface area (Å²) in [5, 5.41) is 0. The molecule has 6 heteroatoms. The number of hydrogen-bond donors (Lipinski definition) is 0. The first-order valence-electron chi connectivity index (χ1n) is 8.21. The minimum atomic E-state index is -0.189. The zero-order valence-corrected chi connectivity index (χ0v) is 14.0. The number of nitrogens with zero attached hydrogens (tertiary/aromatic N) is 1. The number of benzene rings is 2. The van der Waals surface area contributed by atoms with Gasteiger partial charge >= 0.3 is 0 Å². The molecule has 0 aromatic heterocycles. The van der Waals surface area contributed by atoms with Gasteiger partial charge in [-0.15, -0.1) is 0 Å². The van der Waals surface area contributed by atoms with Crippen molar-refractivity contribution in [1.82, 2.24) is 4.90 Å². The number of carbonyl (C=O) groups excluding carboxylic acids is 1. The van der Waals surface area contributed by atoms with Crippen LogP contribution in [0.15, 0.2) is 24.3 Å². The molecule has 0 saturated heterocycles. The highest BCUT2D eigenvalue weighted by Crippen LogP contribution is 2.51. The summed E-state index contributed by atoms with van der Waals surface area (Å²) < 4.78 is 22.1. The Morgan fingerprint density at radius 1 is 1.12 bits per heavy atom. The van der Waals surface area contributed by atoms with Crippen molar-refractivity contribution < 1.29 is 23.7 Å². The van der Waals surface area contributed by atoms with E-state index in [-0.39, 0.29) is 18.7 Å². The van der Waals surface area contributed by atoms with E-state index >= 15 is 0 Å². The van der Waals surface area contributed by atoms with Gasteiger partial charge in [0.2, 0.25) is 6.79 Å². The second-order valence-electron chi connectivity index (χ2n) is 6.32. The van der Waals surface area contributed by atoms with Gasteiger partial charge < -0.3 is 23.8 Å². The van der Waals surface area contributed by atoms with E-state index in [2.05, 4.69) is 0 Å². The maximum absolute atomic E-state index is 12.9. The molecule has 6 nitrogen and oxygen atoms in total. The number of ether oxygens (including phenoxy) is 4. The number of rotatable bonds is 2. The van der Waals surface area contributed by atoms with Gasteiger partial charge in [-0.1, -0.05) is 0 Å². The van der Waals surface area contributed by atoms with E-state index in [4.69, 9.17) is 18.9 Å². The SMILES string of the molecule is COc1ccc2c(c1OC)[C@@H]1c3cc4c(cc3CCN1C2=O)OCO4. The molecule has 0 spiro atoms. The van der Waals surface area contributed by atoms with Gasteiger partial charge in [0.05, 0.1) is 20.3 Å². The molecular formula is C19H17NO5. The molecule has 0 N–H and O–H groups in total. The van der Waals surface area contributed by atoms with Crippen molar-refractivity contribution in [2.75, 3.05) is 27.6 Å². The molecule has 0 fully saturated rings. The predicted octanol–water partition coefficient (Wildman–Crippen LogP) is 2.53. The van der Waals surface area contributed by atoms with Crippen molar-refractivity contribution in [3.63, 3.8) is 0 Å². The van der Waals surface area contributed by atoms with Crippen molar-refractivity contribution in [1.29, 1.82) is 0 Å². The fourth-order valence-electron chi connectivity index (χ4n) is 4.10. The highest BCUT2D eigenvalue weighted by molar-refractivity contribution is 6.01. The molecule has 0 aliphatic carbocycles. The lowest BCUT2D eigenvalue weighted by molar-refractivity contribution is 0.0739. The maximum atomic E-state index is 12.9. The first kappa shape index (κ1) is 14.5. The molecule has 0 radical (unpaired) electrons. The van der Waals surface area contributed by atoms with E-state index in [9.17, 15) is 4.79 Å². The van der Waals surface area contributed by atoms with Gasteiger partial charge in [-0.3, -0.25) is 4.79 Å². The van der Waals surface area contributed by atoms with Crippen molar-refractivity contribution in [2.45, 2.75) is 12.5 Å². The molecule has 2 aromatic carbocycles. The summed E-state index contributed by atoms with van der Waals surface area (Å²) in [7, 11) is 3.21. The van der Waals surface area contributed by atoms with Gasteiger partial charge in [-0.25, -0.2) is 0 Å². The summed E-state index contributed by atoms with van der Waals surface area (Å²) in [4.78, 5) is 14.8.